The van der Waals surface area contributed by atoms with E-state index in [1.165, 1.54) is 0 Å². The molecule has 0 aromatic heterocycles. The molecule has 1 rings (SSSR count). The fraction of sp³-hybridized carbons (Fsp3) is 0.556. The second kappa shape index (κ2) is 4.85. The Kier molecular flexibility index (Phi) is 3.98. The standard InChI is InChI=1S/C9H13NO3S2/c1-15(12,13)7-3-2-6-10-8(11)4-5-9(10)14/h3,7H,2,4-6H2,1H3/b7-3+. The monoisotopic (exact) mass is 247 g/mol. The molecular formula is C9H13NO3S2. The maximum Gasteiger partial charge on any atom is 0.227 e. The van der Waals surface area contributed by atoms with Gasteiger partial charge in [-0.15, -0.1) is 0 Å². The highest BCUT2D eigenvalue weighted by Crippen LogP contribution is 2.13. The van der Waals surface area contributed by atoms with Crippen LogP contribution in [0.25, 0.3) is 0 Å². The molecule has 0 aromatic rings. The third kappa shape index (κ3) is 4.09. The molecule has 0 saturated carbocycles. The Morgan fingerprint density at radius 3 is 2.60 bits per heavy atom. The first-order chi connectivity index (χ1) is 6.90. The van der Waals surface area contributed by atoms with Crippen LogP contribution >= 0.6 is 12.2 Å². The zero-order valence-corrected chi connectivity index (χ0v) is 10.1. The first-order valence-corrected chi connectivity index (χ1v) is 6.96. The van der Waals surface area contributed by atoms with Gasteiger partial charge in [0, 0.05) is 31.1 Å². The van der Waals surface area contributed by atoms with Crippen molar-refractivity contribution in [1.82, 2.24) is 4.90 Å². The first-order valence-electron chi connectivity index (χ1n) is 4.60. The number of amides is 1. The second-order valence-electron chi connectivity index (χ2n) is 3.43. The number of sulfone groups is 1. The summed E-state index contributed by atoms with van der Waals surface area (Å²) < 4.78 is 21.5. The number of hydrogen-bond donors (Lipinski definition) is 0. The highest BCUT2D eigenvalue weighted by Gasteiger charge is 2.24. The van der Waals surface area contributed by atoms with E-state index in [1.54, 1.807) is 11.0 Å². The summed E-state index contributed by atoms with van der Waals surface area (Å²) in [6.07, 6.45) is 4.32. The highest BCUT2D eigenvalue weighted by molar-refractivity contribution is 7.93. The maximum absolute atomic E-state index is 11.3. The fourth-order valence-electron chi connectivity index (χ4n) is 1.32. The van der Waals surface area contributed by atoms with E-state index in [1.807, 2.05) is 0 Å². The van der Waals surface area contributed by atoms with E-state index < -0.39 is 9.84 Å². The molecule has 1 saturated heterocycles. The van der Waals surface area contributed by atoms with E-state index in [9.17, 15) is 13.2 Å². The lowest BCUT2D eigenvalue weighted by Gasteiger charge is -2.13. The summed E-state index contributed by atoms with van der Waals surface area (Å²) in [4.78, 5) is 13.5. The predicted octanol–water partition coefficient (Wildman–Crippen LogP) is 0.885. The first kappa shape index (κ1) is 12.3. The molecule has 1 heterocycles. The van der Waals surface area contributed by atoms with Gasteiger partial charge in [0.25, 0.3) is 0 Å². The zero-order chi connectivity index (χ0) is 11.5. The summed E-state index contributed by atoms with van der Waals surface area (Å²) in [6.45, 7) is 0.476. The van der Waals surface area contributed by atoms with Crippen LogP contribution < -0.4 is 0 Å². The van der Waals surface area contributed by atoms with Crippen LogP contribution in [-0.2, 0) is 14.6 Å². The normalized spacial score (nSPS) is 18.1. The molecule has 0 aromatic carbocycles. The third-order valence-electron chi connectivity index (χ3n) is 2.02. The SMILES string of the molecule is CS(=O)(=O)/C=C/CCN1C(=O)CCC1=S. The Morgan fingerprint density at radius 2 is 2.13 bits per heavy atom. The summed E-state index contributed by atoms with van der Waals surface area (Å²) in [5.41, 5.74) is 0. The van der Waals surface area contributed by atoms with E-state index in [-0.39, 0.29) is 5.91 Å². The summed E-state index contributed by atoms with van der Waals surface area (Å²) in [6, 6.07) is 0. The van der Waals surface area contributed by atoms with E-state index >= 15 is 0 Å². The summed E-state index contributed by atoms with van der Waals surface area (Å²) in [7, 11) is -3.06. The van der Waals surface area contributed by atoms with Gasteiger partial charge in [0.1, 0.15) is 0 Å². The van der Waals surface area contributed by atoms with Crippen LogP contribution in [0.4, 0.5) is 0 Å². The number of thiocarbonyl (C=S) groups is 1. The molecule has 0 N–H and O–H groups in total. The van der Waals surface area contributed by atoms with E-state index in [2.05, 4.69) is 0 Å². The average Bonchev–Trinajstić information content (AvgIpc) is 2.40. The molecule has 0 unspecified atom stereocenters. The second-order valence-corrected chi connectivity index (χ2v) is 5.83. The van der Waals surface area contributed by atoms with Crippen molar-refractivity contribution < 1.29 is 13.2 Å². The molecule has 0 spiro atoms. The lowest BCUT2D eigenvalue weighted by atomic mass is 10.4. The molecule has 0 atom stereocenters. The predicted molar refractivity (Wildman–Crippen MR) is 62.1 cm³/mol. The number of likely N-dealkylation sites (tertiary alicyclic amines) is 1. The third-order valence-corrected chi connectivity index (χ3v) is 3.13. The number of rotatable bonds is 4. The minimum absolute atomic E-state index is 0.0350. The van der Waals surface area contributed by atoms with Crippen molar-refractivity contribution in [2.45, 2.75) is 19.3 Å². The van der Waals surface area contributed by atoms with Crippen molar-refractivity contribution in [3.8, 4) is 0 Å². The van der Waals surface area contributed by atoms with Gasteiger partial charge >= 0.3 is 0 Å². The van der Waals surface area contributed by atoms with E-state index in [0.29, 0.717) is 30.8 Å². The highest BCUT2D eigenvalue weighted by atomic mass is 32.2. The molecular weight excluding hydrogens is 234 g/mol. The minimum Gasteiger partial charge on any atom is -0.306 e. The van der Waals surface area contributed by atoms with Crippen LogP contribution in [0.5, 0.6) is 0 Å². The smallest absolute Gasteiger partial charge is 0.227 e. The van der Waals surface area contributed by atoms with Gasteiger partial charge in [-0.05, 0) is 6.42 Å². The van der Waals surface area contributed by atoms with Gasteiger partial charge < -0.3 is 4.90 Å². The largest absolute Gasteiger partial charge is 0.306 e. The van der Waals surface area contributed by atoms with Crippen molar-refractivity contribution in [2.24, 2.45) is 0 Å². The van der Waals surface area contributed by atoms with Gasteiger partial charge in [-0.1, -0.05) is 18.3 Å². The molecule has 4 nitrogen and oxygen atoms in total. The Hall–Kier alpha value is -0.750. The van der Waals surface area contributed by atoms with Crippen LogP contribution in [0.1, 0.15) is 19.3 Å². The molecule has 0 bridgehead atoms. The molecule has 0 radical (unpaired) electrons. The summed E-state index contributed by atoms with van der Waals surface area (Å²) >= 11 is 5.00. The molecule has 15 heavy (non-hydrogen) atoms. The van der Waals surface area contributed by atoms with Crippen LogP contribution in [0, 0.1) is 0 Å². The van der Waals surface area contributed by atoms with E-state index in [0.717, 1.165) is 11.7 Å². The molecule has 84 valence electrons. The van der Waals surface area contributed by atoms with Crippen LogP contribution in [-0.4, -0.2) is 37.0 Å². The molecule has 0 aliphatic carbocycles. The van der Waals surface area contributed by atoms with Crippen LogP contribution in [0.15, 0.2) is 11.5 Å². The maximum atomic E-state index is 11.3. The number of carbonyl (C=O) groups is 1. The van der Waals surface area contributed by atoms with Crippen LogP contribution in [0.2, 0.25) is 0 Å². The van der Waals surface area contributed by atoms with Gasteiger partial charge in [0.2, 0.25) is 5.91 Å². The lowest BCUT2D eigenvalue weighted by molar-refractivity contribution is -0.125. The van der Waals surface area contributed by atoms with Crippen molar-refractivity contribution in [1.29, 1.82) is 0 Å². The number of nitrogens with zero attached hydrogens (tertiary/aromatic N) is 1. The Morgan fingerprint density at radius 1 is 1.47 bits per heavy atom. The molecule has 1 aliphatic rings. The Bertz CT molecular complexity index is 382. The van der Waals surface area contributed by atoms with Crippen molar-refractivity contribution in [3.63, 3.8) is 0 Å². The Balaban J connectivity index is 2.41. The minimum atomic E-state index is -3.06. The van der Waals surface area contributed by atoms with Crippen molar-refractivity contribution >= 4 is 33.0 Å². The van der Waals surface area contributed by atoms with Gasteiger partial charge in [-0.25, -0.2) is 8.42 Å². The molecule has 1 amide bonds. The summed E-state index contributed by atoms with van der Waals surface area (Å²) in [5, 5.41) is 1.15. The summed E-state index contributed by atoms with van der Waals surface area (Å²) in [5.74, 6) is 0.0350. The average molecular weight is 247 g/mol. The van der Waals surface area contributed by atoms with Crippen molar-refractivity contribution in [3.05, 3.63) is 11.5 Å². The molecule has 6 heteroatoms. The van der Waals surface area contributed by atoms with Gasteiger partial charge in [-0.2, -0.15) is 0 Å². The van der Waals surface area contributed by atoms with Gasteiger partial charge in [0.05, 0.1) is 4.99 Å². The Labute approximate surface area is 94.9 Å². The van der Waals surface area contributed by atoms with Gasteiger partial charge in [-0.3, -0.25) is 4.79 Å². The quantitative estimate of drug-likeness (QED) is 0.692. The fourth-order valence-corrected chi connectivity index (χ4v) is 2.10. The number of carbonyl (C=O) groups excluding carboxylic acids is 1. The topological polar surface area (TPSA) is 54.5 Å². The van der Waals surface area contributed by atoms with Gasteiger partial charge in [0.15, 0.2) is 9.84 Å². The van der Waals surface area contributed by atoms with Crippen LogP contribution in [0.3, 0.4) is 0 Å². The zero-order valence-electron chi connectivity index (χ0n) is 8.47. The molecule has 1 fully saturated rings. The van der Waals surface area contributed by atoms with E-state index in [4.69, 9.17) is 12.2 Å². The van der Waals surface area contributed by atoms with Crippen molar-refractivity contribution in [2.75, 3.05) is 12.8 Å². The molecule has 1 aliphatic heterocycles. The number of hydrogen-bond acceptors (Lipinski definition) is 4. The lowest BCUT2D eigenvalue weighted by Crippen LogP contribution is -2.28.